The van der Waals surface area contributed by atoms with E-state index in [1.54, 1.807) is 37.3 Å². The van der Waals surface area contributed by atoms with Gasteiger partial charge in [-0.25, -0.2) is 9.59 Å². The van der Waals surface area contributed by atoms with E-state index in [-0.39, 0.29) is 5.56 Å². The van der Waals surface area contributed by atoms with Crippen LogP contribution in [0.5, 0.6) is 0 Å². The number of carbonyl (C=O) groups excluding carboxylic acids is 2. The van der Waals surface area contributed by atoms with Crippen molar-refractivity contribution in [3.05, 3.63) is 34.9 Å². The molecular weight excluding hydrogens is 208 g/mol. The fraction of sp³-hybridized carbons (Fsp3) is 0.182. The lowest BCUT2D eigenvalue weighted by Gasteiger charge is -2.03. The molecule has 0 spiro atoms. The Bertz CT molecular complexity index is 492. The second-order valence-electron chi connectivity index (χ2n) is 3.54. The summed E-state index contributed by atoms with van der Waals surface area (Å²) in [5, 5.41) is 5.62. The molecule has 16 heavy (non-hydrogen) atoms. The lowest BCUT2D eigenvalue weighted by Crippen LogP contribution is -2.04. The van der Waals surface area contributed by atoms with Crippen molar-refractivity contribution in [2.45, 2.75) is 0 Å². The Morgan fingerprint density at radius 2 is 2.00 bits per heavy atom. The van der Waals surface area contributed by atoms with E-state index >= 15 is 0 Å². The highest BCUT2D eigenvalue weighted by molar-refractivity contribution is 6.17. The summed E-state index contributed by atoms with van der Waals surface area (Å²) in [6.07, 6.45) is 1.53. The maximum atomic E-state index is 11.4. The third-order valence-electron chi connectivity index (χ3n) is 2.13. The smallest absolute Gasteiger partial charge is 0.347 e. The zero-order chi connectivity index (χ0) is 11.7. The van der Waals surface area contributed by atoms with Crippen molar-refractivity contribution >= 4 is 18.2 Å². The molecule has 82 valence electrons. The molecule has 5 heteroatoms. The number of hydrogen-bond donors (Lipinski definition) is 0. The molecule has 5 nitrogen and oxygen atoms in total. The first-order valence-corrected chi connectivity index (χ1v) is 4.70. The van der Waals surface area contributed by atoms with Crippen molar-refractivity contribution in [1.82, 2.24) is 5.01 Å². The van der Waals surface area contributed by atoms with Gasteiger partial charge in [0.05, 0.1) is 17.3 Å². The van der Waals surface area contributed by atoms with Crippen LogP contribution in [0.25, 0.3) is 0 Å². The third-order valence-corrected chi connectivity index (χ3v) is 2.13. The first-order valence-electron chi connectivity index (χ1n) is 4.70. The topological polar surface area (TPSA) is 59.0 Å². The van der Waals surface area contributed by atoms with Crippen LogP contribution in [0, 0.1) is 0 Å². The molecule has 0 N–H and O–H groups in total. The summed E-state index contributed by atoms with van der Waals surface area (Å²) in [4.78, 5) is 22.7. The van der Waals surface area contributed by atoms with Gasteiger partial charge in [0.2, 0.25) is 0 Å². The standard InChI is InChI=1S/C11H10N2O3/c1-13(2)12-6-7-4-3-5-8-9(7)11(15)16-10(8)14/h3-6H,1-2H3. The fourth-order valence-electron chi connectivity index (χ4n) is 1.44. The van der Waals surface area contributed by atoms with E-state index in [4.69, 9.17) is 0 Å². The summed E-state index contributed by atoms with van der Waals surface area (Å²) in [7, 11) is 3.53. The van der Waals surface area contributed by atoms with Gasteiger partial charge in [-0.05, 0) is 6.07 Å². The Morgan fingerprint density at radius 1 is 1.25 bits per heavy atom. The lowest BCUT2D eigenvalue weighted by atomic mass is 10.0. The zero-order valence-corrected chi connectivity index (χ0v) is 8.93. The second-order valence-corrected chi connectivity index (χ2v) is 3.54. The number of fused-ring (bicyclic) bond motifs is 1. The Kier molecular flexibility index (Phi) is 2.44. The van der Waals surface area contributed by atoms with Crippen molar-refractivity contribution in [1.29, 1.82) is 0 Å². The quantitative estimate of drug-likeness (QED) is 0.320. The highest BCUT2D eigenvalue weighted by Gasteiger charge is 2.31. The van der Waals surface area contributed by atoms with Crippen molar-refractivity contribution in [3.8, 4) is 0 Å². The molecule has 0 amide bonds. The number of carbonyl (C=O) groups is 2. The van der Waals surface area contributed by atoms with E-state index in [0.29, 0.717) is 11.1 Å². The molecule has 1 aromatic rings. The molecule has 0 saturated carbocycles. The molecule has 0 aliphatic carbocycles. The molecule has 0 saturated heterocycles. The molecule has 0 bridgehead atoms. The summed E-state index contributed by atoms with van der Waals surface area (Å²) in [6.45, 7) is 0. The van der Waals surface area contributed by atoms with Gasteiger partial charge in [-0.15, -0.1) is 0 Å². The SMILES string of the molecule is CN(C)N=Cc1cccc2c1C(=O)OC2=O. The van der Waals surface area contributed by atoms with Crippen LogP contribution in [0.2, 0.25) is 0 Å². The molecule has 0 fully saturated rings. The second kappa shape index (κ2) is 3.77. The number of nitrogens with zero attached hydrogens (tertiary/aromatic N) is 2. The maximum Gasteiger partial charge on any atom is 0.347 e. The van der Waals surface area contributed by atoms with Crippen molar-refractivity contribution in [2.75, 3.05) is 14.1 Å². The average molecular weight is 218 g/mol. The number of esters is 2. The van der Waals surface area contributed by atoms with Gasteiger partial charge in [0.1, 0.15) is 0 Å². The Labute approximate surface area is 92.3 Å². The fourth-order valence-corrected chi connectivity index (χ4v) is 1.44. The third kappa shape index (κ3) is 1.67. The summed E-state index contributed by atoms with van der Waals surface area (Å²) >= 11 is 0. The summed E-state index contributed by atoms with van der Waals surface area (Å²) < 4.78 is 4.53. The van der Waals surface area contributed by atoms with E-state index in [1.807, 2.05) is 0 Å². The lowest BCUT2D eigenvalue weighted by molar-refractivity contribution is 0.0444. The number of benzene rings is 1. The Hall–Kier alpha value is -2.17. The average Bonchev–Trinajstić information content (AvgIpc) is 2.52. The molecule has 0 atom stereocenters. The van der Waals surface area contributed by atoms with E-state index in [9.17, 15) is 9.59 Å². The van der Waals surface area contributed by atoms with Crippen LogP contribution in [0.3, 0.4) is 0 Å². The van der Waals surface area contributed by atoms with E-state index in [1.165, 1.54) is 6.21 Å². The van der Waals surface area contributed by atoms with Crippen molar-refractivity contribution in [2.24, 2.45) is 5.10 Å². The normalized spacial score (nSPS) is 14.1. The van der Waals surface area contributed by atoms with E-state index in [0.717, 1.165) is 0 Å². The molecule has 0 aromatic heterocycles. The van der Waals surface area contributed by atoms with Crippen LogP contribution >= 0.6 is 0 Å². The van der Waals surface area contributed by atoms with Crippen LogP contribution in [0.4, 0.5) is 0 Å². The highest BCUT2D eigenvalue weighted by Crippen LogP contribution is 2.22. The zero-order valence-electron chi connectivity index (χ0n) is 8.93. The minimum absolute atomic E-state index is 0.290. The number of ether oxygens (including phenoxy) is 1. The van der Waals surface area contributed by atoms with Crippen molar-refractivity contribution in [3.63, 3.8) is 0 Å². The largest absolute Gasteiger partial charge is 0.386 e. The van der Waals surface area contributed by atoms with Crippen LogP contribution in [0.15, 0.2) is 23.3 Å². The summed E-state index contributed by atoms with van der Waals surface area (Å²) in [5.74, 6) is -1.21. The predicted octanol–water partition coefficient (Wildman–Crippen LogP) is 0.893. The van der Waals surface area contributed by atoms with Gasteiger partial charge in [-0.1, -0.05) is 12.1 Å². The molecule has 1 aliphatic heterocycles. The monoisotopic (exact) mass is 218 g/mol. The summed E-state index contributed by atoms with van der Waals surface area (Å²) in [5.41, 5.74) is 1.17. The molecule has 1 aliphatic rings. The van der Waals surface area contributed by atoms with Gasteiger partial charge in [0.15, 0.2) is 0 Å². The Balaban J connectivity index is 2.49. The van der Waals surface area contributed by atoms with Gasteiger partial charge in [-0.2, -0.15) is 5.10 Å². The highest BCUT2D eigenvalue weighted by atomic mass is 16.6. The molecular formula is C11H10N2O3. The van der Waals surface area contributed by atoms with Gasteiger partial charge in [0.25, 0.3) is 0 Å². The number of rotatable bonds is 2. The van der Waals surface area contributed by atoms with Crippen molar-refractivity contribution < 1.29 is 14.3 Å². The number of hydrazone groups is 1. The molecule has 1 aromatic carbocycles. The Morgan fingerprint density at radius 3 is 2.69 bits per heavy atom. The van der Waals surface area contributed by atoms with Gasteiger partial charge in [0, 0.05) is 19.7 Å². The van der Waals surface area contributed by atoms with Gasteiger partial charge < -0.3 is 9.75 Å². The van der Waals surface area contributed by atoms with Gasteiger partial charge >= 0.3 is 11.9 Å². The van der Waals surface area contributed by atoms with E-state index in [2.05, 4.69) is 9.84 Å². The van der Waals surface area contributed by atoms with Crippen LogP contribution in [-0.4, -0.2) is 37.3 Å². The van der Waals surface area contributed by atoms with Crippen LogP contribution in [-0.2, 0) is 4.74 Å². The molecule has 2 rings (SSSR count). The van der Waals surface area contributed by atoms with Crippen LogP contribution in [0.1, 0.15) is 26.3 Å². The molecule has 0 radical (unpaired) electrons. The number of cyclic esters (lactones) is 2. The first kappa shape index (κ1) is 10.4. The minimum atomic E-state index is -0.610. The first-order chi connectivity index (χ1) is 7.59. The molecule has 1 heterocycles. The van der Waals surface area contributed by atoms with Crippen LogP contribution < -0.4 is 0 Å². The predicted molar refractivity (Wildman–Crippen MR) is 57.5 cm³/mol. The minimum Gasteiger partial charge on any atom is -0.386 e. The number of hydrogen-bond acceptors (Lipinski definition) is 5. The van der Waals surface area contributed by atoms with Gasteiger partial charge in [-0.3, -0.25) is 0 Å². The molecule has 0 unspecified atom stereocenters. The maximum absolute atomic E-state index is 11.4. The van der Waals surface area contributed by atoms with E-state index < -0.39 is 11.9 Å². The summed E-state index contributed by atoms with van der Waals surface area (Å²) in [6, 6.07) is 4.97.